The summed E-state index contributed by atoms with van der Waals surface area (Å²) in [6.45, 7) is 0. The number of anilines is 1. The topological polar surface area (TPSA) is 81.9 Å². The number of ether oxygens (including phenoxy) is 1. The molecule has 0 saturated heterocycles. The number of nitrogens with one attached hydrogen (secondary N) is 1. The van der Waals surface area contributed by atoms with Crippen LogP contribution in [-0.2, 0) is 11.8 Å². The van der Waals surface area contributed by atoms with E-state index < -0.39 is 0 Å². The first kappa shape index (κ1) is 22.6. The number of amides is 1. The quantitative estimate of drug-likeness (QED) is 0.312. The molecule has 3 aromatic carbocycles. The number of methoxy groups -OCH3 is 1. The molecule has 0 spiro atoms. The molecule has 1 amide bonds. The Hall–Kier alpha value is -4.17. The van der Waals surface area contributed by atoms with E-state index in [9.17, 15) is 4.79 Å². The molecule has 0 fully saturated rings. The van der Waals surface area contributed by atoms with Gasteiger partial charge in [-0.05, 0) is 36.4 Å². The average Bonchev–Trinajstić information content (AvgIpc) is 3.27. The van der Waals surface area contributed by atoms with Gasteiger partial charge in [-0.15, -0.1) is 10.2 Å². The Balaban J connectivity index is 1.39. The maximum absolute atomic E-state index is 12.5. The van der Waals surface area contributed by atoms with E-state index in [4.69, 9.17) is 9.72 Å². The SMILES string of the molecule is COc1ccc(NC(=O)CSc2nnc(-c3cc(-c4ccccc4)nc4ccccc34)n2C)cc1. The predicted octanol–water partition coefficient (Wildman–Crippen LogP) is 5.44. The lowest BCUT2D eigenvalue weighted by Crippen LogP contribution is -2.14. The van der Waals surface area contributed by atoms with Crippen molar-refractivity contribution in [3.05, 3.63) is 84.9 Å². The fourth-order valence-electron chi connectivity index (χ4n) is 3.79. The summed E-state index contributed by atoms with van der Waals surface area (Å²) >= 11 is 1.34. The monoisotopic (exact) mass is 481 g/mol. The Morgan fingerprint density at radius 2 is 1.71 bits per heavy atom. The van der Waals surface area contributed by atoms with Gasteiger partial charge < -0.3 is 14.6 Å². The van der Waals surface area contributed by atoms with E-state index in [1.54, 1.807) is 31.4 Å². The minimum absolute atomic E-state index is 0.120. The van der Waals surface area contributed by atoms with Crippen LogP contribution in [0, 0.1) is 0 Å². The van der Waals surface area contributed by atoms with Crippen LogP contribution in [0.5, 0.6) is 5.75 Å². The van der Waals surface area contributed by atoms with Gasteiger partial charge in [0, 0.05) is 29.2 Å². The highest BCUT2D eigenvalue weighted by Gasteiger charge is 2.17. The van der Waals surface area contributed by atoms with Gasteiger partial charge in [-0.3, -0.25) is 4.79 Å². The van der Waals surface area contributed by atoms with Gasteiger partial charge in [-0.2, -0.15) is 0 Å². The van der Waals surface area contributed by atoms with Gasteiger partial charge in [-0.25, -0.2) is 4.98 Å². The van der Waals surface area contributed by atoms with E-state index in [0.29, 0.717) is 10.8 Å². The molecule has 7 nitrogen and oxygen atoms in total. The summed E-state index contributed by atoms with van der Waals surface area (Å²) in [7, 11) is 3.52. The van der Waals surface area contributed by atoms with Crippen molar-refractivity contribution >= 4 is 34.3 Å². The molecule has 0 aliphatic rings. The van der Waals surface area contributed by atoms with Crippen LogP contribution in [0.15, 0.2) is 90.1 Å². The van der Waals surface area contributed by atoms with Crippen LogP contribution in [-0.4, -0.2) is 38.5 Å². The number of aromatic nitrogens is 4. The normalized spacial score (nSPS) is 10.9. The van der Waals surface area contributed by atoms with E-state index >= 15 is 0 Å². The maximum Gasteiger partial charge on any atom is 0.234 e. The van der Waals surface area contributed by atoms with E-state index in [-0.39, 0.29) is 11.7 Å². The molecule has 5 aromatic rings. The van der Waals surface area contributed by atoms with Gasteiger partial charge in [0.2, 0.25) is 5.91 Å². The summed E-state index contributed by atoms with van der Waals surface area (Å²) < 4.78 is 7.07. The first-order valence-corrected chi connectivity index (χ1v) is 12.0. The molecule has 174 valence electrons. The summed E-state index contributed by atoms with van der Waals surface area (Å²) in [5, 5.41) is 13.4. The number of thioether (sulfide) groups is 1. The molecule has 2 aromatic heterocycles. The third-order valence-electron chi connectivity index (χ3n) is 5.57. The van der Waals surface area contributed by atoms with Gasteiger partial charge in [0.15, 0.2) is 11.0 Å². The number of rotatable bonds is 7. The number of fused-ring (bicyclic) bond motifs is 1. The Morgan fingerprint density at radius 1 is 0.971 bits per heavy atom. The molecule has 0 radical (unpaired) electrons. The lowest BCUT2D eigenvalue weighted by Gasteiger charge is -2.10. The molecule has 5 rings (SSSR count). The highest BCUT2D eigenvalue weighted by atomic mass is 32.2. The first-order valence-electron chi connectivity index (χ1n) is 11.0. The largest absolute Gasteiger partial charge is 0.497 e. The van der Waals surface area contributed by atoms with Crippen molar-refractivity contribution in [3.63, 3.8) is 0 Å². The van der Waals surface area contributed by atoms with Gasteiger partial charge in [0.1, 0.15) is 5.75 Å². The first-order chi connectivity index (χ1) is 17.1. The Kier molecular flexibility index (Phi) is 6.45. The summed E-state index contributed by atoms with van der Waals surface area (Å²) in [6, 6.07) is 27.4. The summed E-state index contributed by atoms with van der Waals surface area (Å²) in [5.74, 6) is 1.55. The van der Waals surface area contributed by atoms with Crippen LogP contribution in [0.4, 0.5) is 5.69 Å². The third-order valence-corrected chi connectivity index (χ3v) is 6.59. The summed E-state index contributed by atoms with van der Waals surface area (Å²) in [4.78, 5) is 17.3. The predicted molar refractivity (Wildman–Crippen MR) is 140 cm³/mol. The number of para-hydroxylation sites is 1. The van der Waals surface area contributed by atoms with Crippen LogP contribution in [0.2, 0.25) is 0 Å². The molecular formula is C27H23N5O2S. The Labute approximate surface area is 207 Å². The molecular weight excluding hydrogens is 458 g/mol. The molecule has 0 aliphatic carbocycles. The van der Waals surface area contributed by atoms with Crippen molar-refractivity contribution in [2.75, 3.05) is 18.2 Å². The number of nitrogens with zero attached hydrogens (tertiary/aromatic N) is 4. The van der Waals surface area contributed by atoms with Crippen LogP contribution in [0.1, 0.15) is 0 Å². The second-order valence-electron chi connectivity index (χ2n) is 7.87. The minimum atomic E-state index is -0.120. The number of hydrogen-bond acceptors (Lipinski definition) is 6. The van der Waals surface area contributed by atoms with E-state index in [1.807, 2.05) is 72.3 Å². The lowest BCUT2D eigenvalue weighted by atomic mass is 10.0. The molecule has 1 N–H and O–H groups in total. The van der Waals surface area contributed by atoms with Crippen molar-refractivity contribution in [2.24, 2.45) is 7.05 Å². The maximum atomic E-state index is 12.5. The van der Waals surface area contributed by atoms with Crippen molar-refractivity contribution < 1.29 is 9.53 Å². The zero-order valence-electron chi connectivity index (χ0n) is 19.3. The number of carbonyl (C=O) groups excluding carboxylic acids is 1. The summed E-state index contributed by atoms with van der Waals surface area (Å²) in [6.07, 6.45) is 0. The molecule has 0 unspecified atom stereocenters. The molecule has 2 heterocycles. The van der Waals surface area contributed by atoms with Crippen molar-refractivity contribution in [2.45, 2.75) is 5.16 Å². The van der Waals surface area contributed by atoms with Gasteiger partial charge in [0.25, 0.3) is 0 Å². The number of carbonyl (C=O) groups is 1. The van der Waals surface area contributed by atoms with Crippen LogP contribution >= 0.6 is 11.8 Å². The van der Waals surface area contributed by atoms with E-state index in [2.05, 4.69) is 15.5 Å². The van der Waals surface area contributed by atoms with Crippen molar-refractivity contribution in [1.29, 1.82) is 0 Å². The highest BCUT2D eigenvalue weighted by molar-refractivity contribution is 7.99. The van der Waals surface area contributed by atoms with Crippen molar-refractivity contribution in [1.82, 2.24) is 19.7 Å². The molecule has 0 aliphatic heterocycles. The fraction of sp³-hybridized carbons (Fsp3) is 0.111. The van der Waals surface area contributed by atoms with Crippen LogP contribution < -0.4 is 10.1 Å². The zero-order valence-corrected chi connectivity index (χ0v) is 20.1. The molecule has 0 atom stereocenters. The zero-order chi connectivity index (χ0) is 24.2. The van der Waals surface area contributed by atoms with Crippen LogP contribution in [0.25, 0.3) is 33.5 Å². The number of pyridine rings is 1. The van der Waals surface area contributed by atoms with Crippen LogP contribution in [0.3, 0.4) is 0 Å². The van der Waals surface area contributed by atoms with E-state index in [1.165, 1.54) is 11.8 Å². The second kappa shape index (κ2) is 9.99. The molecule has 0 saturated carbocycles. The minimum Gasteiger partial charge on any atom is -0.497 e. The number of hydrogen-bond donors (Lipinski definition) is 1. The molecule has 35 heavy (non-hydrogen) atoms. The molecule has 8 heteroatoms. The smallest absolute Gasteiger partial charge is 0.234 e. The highest BCUT2D eigenvalue weighted by Crippen LogP contribution is 2.32. The summed E-state index contributed by atoms with van der Waals surface area (Å²) in [5.41, 5.74) is 4.45. The third kappa shape index (κ3) is 4.88. The second-order valence-corrected chi connectivity index (χ2v) is 8.81. The molecule has 0 bridgehead atoms. The van der Waals surface area contributed by atoms with Gasteiger partial charge in [-0.1, -0.05) is 60.3 Å². The number of benzene rings is 3. The fourth-order valence-corrected chi connectivity index (χ4v) is 4.50. The average molecular weight is 482 g/mol. The van der Waals surface area contributed by atoms with Crippen molar-refractivity contribution in [3.8, 4) is 28.4 Å². The lowest BCUT2D eigenvalue weighted by molar-refractivity contribution is -0.113. The Bertz CT molecular complexity index is 1480. The standard InChI is InChI=1S/C27H23N5O2S/c1-32-26(30-31-27(32)35-17-25(33)28-19-12-14-20(34-2)15-13-19)22-16-24(18-8-4-3-5-9-18)29-23-11-7-6-10-21(22)23/h3-16H,17H2,1-2H3,(H,28,33). The van der Waals surface area contributed by atoms with Gasteiger partial charge in [0.05, 0.1) is 24.1 Å². The van der Waals surface area contributed by atoms with Gasteiger partial charge >= 0.3 is 0 Å². The van der Waals surface area contributed by atoms with E-state index in [0.717, 1.165) is 39.3 Å². The Morgan fingerprint density at radius 3 is 2.49 bits per heavy atom.